The van der Waals surface area contributed by atoms with E-state index in [1.807, 2.05) is 24.3 Å². The highest BCUT2D eigenvalue weighted by Gasteiger charge is 2.32. The fourth-order valence-electron chi connectivity index (χ4n) is 3.72. The summed E-state index contributed by atoms with van der Waals surface area (Å²) in [6.45, 7) is 0.727. The zero-order valence-corrected chi connectivity index (χ0v) is 18.3. The zero-order valence-electron chi connectivity index (χ0n) is 18.3. The Balaban J connectivity index is 1.52. The van der Waals surface area contributed by atoms with Crippen molar-refractivity contribution in [3.8, 4) is 5.75 Å². The van der Waals surface area contributed by atoms with Crippen LogP contribution in [-0.4, -0.2) is 54.5 Å². The van der Waals surface area contributed by atoms with Crippen molar-refractivity contribution < 1.29 is 27.9 Å². The lowest BCUT2D eigenvalue weighted by Crippen LogP contribution is -2.39. The van der Waals surface area contributed by atoms with Crippen molar-refractivity contribution in [2.24, 2.45) is 0 Å². The monoisotopic (exact) mass is 452 g/mol. The molecule has 0 unspecified atom stereocenters. The van der Waals surface area contributed by atoms with E-state index in [0.717, 1.165) is 11.3 Å². The number of nitrogens with zero attached hydrogens (tertiary/aromatic N) is 2. The highest BCUT2D eigenvalue weighted by molar-refractivity contribution is 5.94. The average Bonchev–Trinajstić information content (AvgIpc) is 3.32. The van der Waals surface area contributed by atoms with Crippen LogP contribution in [0.25, 0.3) is 0 Å². The molecule has 1 aliphatic heterocycles. The minimum atomic E-state index is -0.506. The second-order valence-electron chi connectivity index (χ2n) is 7.81. The van der Waals surface area contributed by atoms with E-state index < -0.39 is 6.10 Å². The van der Waals surface area contributed by atoms with Gasteiger partial charge in [0.2, 0.25) is 5.91 Å². The van der Waals surface area contributed by atoms with Crippen molar-refractivity contribution in [3.63, 3.8) is 0 Å². The van der Waals surface area contributed by atoms with Gasteiger partial charge in [-0.15, -0.1) is 0 Å². The number of furan rings is 1. The van der Waals surface area contributed by atoms with Crippen LogP contribution in [0.4, 0.5) is 4.39 Å². The Morgan fingerprint density at radius 2 is 1.88 bits per heavy atom. The summed E-state index contributed by atoms with van der Waals surface area (Å²) in [5.74, 6) is -0.0795. The number of hydrogen-bond donors (Lipinski definition) is 0. The summed E-state index contributed by atoms with van der Waals surface area (Å²) in [7, 11) is 1.59. The maximum atomic E-state index is 14.1. The molecule has 33 heavy (non-hydrogen) atoms. The molecule has 0 radical (unpaired) electrons. The van der Waals surface area contributed by atoms with E-state index in [0.29, 0.717) is 12.1 Å². The Morgan fingerprint density at radius 1 is 1.09 bits per heavy atom. The number of hydrogen-bond acceptors (Lipinski definition) is 5. The minimum absolute atomic E-state index is 0.0324. The molecule has 0 N–H and O–H groups in total. The Morgan fingerprint density at radius 3 is 2.58 bits per heavy atom. The van der Waals surface area contributed by atoms with E-state index in [4.69, 9.17) is 13.9 Å². The van der Waals surface area contributed by atoms with Crippen LogP contribution in [0.5, 0.6) is 5.75 Å². The van der Waals surface area contributed by atoms with E-state index in [1.54, 1.807) is 42.3 Å². The van der Waals surface area contributed by atoms with Crippen LogP contribution in [0, 0.1) is 5.82 Å². The van der Waals surface area contributed by atoms with Gasteiger partial charge in [-0.2, -0.15) is 0 Å². The first-order valence-electron chi connectivity index (χ1n) is 10.6. The number of rotatable bonds is 7. The lowest BCUT2D eigenvalue weighted by molar-refractivity contribution is -0.132. The molecule has 7 nitrogen and oxygen atoms in total. The molecule has 0 aliphatic carbocycles. The second-order valence-corrected chi connectivity index (χ2v) is 7.81. The van der Waals surface area contributed by atoms with Gasteiger partial charge in [0.15, 0.2) is 5.76 Å². The number of benzene rings is 2. The molecule has 1 atom stereocenters. The number of ether oxygens (including phenoxy) is 2. The first-order valence-corrected chi connectivity index (χ1v) is 10.6. The summed E-state index contributed by atoms with van der Waals surface area (Å²) in [5.41, 5.74) is 1.33. The smallest absolute Gasteiger partial charge is 0.290 e. The number of halogens is 1. The number of amides is 2. The molecule has 2 heterocycles. The largest absolute Gasteiger partial charge is 0.497 e. The lowest BCUT2D eigenvalue weighted by Gasteiger charge is -2.25. The Hall–Kier alpha value is -3.65. The molecule has 0 spiro atoms. The van der Waals surface area contributed by atoms with E-state index in [2.05, 4.69) is 0 Å². The molecule has 1 aliphatic rings. The minimum Gasteiger partial charge on any atom is -0.497 e. The molecule has 0 saturated carbocycles. The molecule has 0 bridgehead atoms. The van der Waals surface area contributed by atoms with Gasteiger partial charge in [0.1, 0.15) is 18.1 Å². The third-order valence-electron chi connectivity index (χ3n) is 5.51. The Labute approximate surface area is 191 Å². The summed E-state index contributed by atoms with van der Waals surface area (Å²) < 4.78 is 30.5. The first-order chi connectivity index (χ1) is 16.0. The van der Waals surface area contributed by atoms with Gasteiger partial charge in [0, 0.05) is 25.2 Å². The topological polar surface area (TPSA) is 72.2 Å². The van der Waals surface area contributed by atoms with Crippen LogP contribution in [0.3, 0.4) is 0 Å². The van der Waals surface area contributed by atoms with E-state index in [9.17, 15) is 14.0 Å². The van der Waals surface area contributed by atoms with E-state index in [1.165, 1.54) is 17.2 Å². The van der Waals surface area contributed by atoms with Gasteiger partial charge in [-0.05, 0) is 35.9 Å². The SMILES string of the molecule is COc1ccc(CN2C[C@@H](OCc3ccccc3F)CN(C(=O)c3ccco3)CC2=O)cc1. The molecule has 8 heteroatoms. The van der Waals surface area contributed by atoms with Crippen LogP contribution in [0.15, 0.2) is 71.3 Å². The van der Waals surface area contributed by atoms with Crippen molar-refractivity contribution in [2.75, 3.05) is 26.7 Å². The van der Waals surface area contributed by atoms with Crippen LogP contribution in [0.2, 0.25) is 0 Å². The molecular formula is C25H25FN2O5. The molecule has 3 aromatic rings. The molecule has 2 amide bonds. The van der Waals surface area contributed by atoms with Gasteiger partial charge < -0.3 is 23.7 Å². The Bertz CT molecular complexity index is 1080. The number of methoxy groups -OCH3 is 1. The van der Waals surface area contributed by atoms with Crippen LogP contribution in [-0.2, 0) is 22.7 Å². The summed E-state index contributed by atoms with van der Waals surface area (Å²) in [6.07, 6.45) is 0.905. The van der Waals surface area contributed by atoms with Crippen molar-refractivity contribution in [1.82, 2.24) is 9.80 Å². The highest BCUT2D eigenvalue weighted by atomic mass is 19.1. The van der Waals surface area contributed by atoms with Crippen molar-refractivity contribution in [3.05, 3.63) is 89.6 Å². The van der Waals surface area contributed by atoms with Crippen molar-refractivity contribution in [1.29, 1.82) is 0 Å². The normalized spacial score (nSPS) is 16.5. The lowest BCUT2D eigenvalue weighted by atomic mass is 10.2. The molecule has 1 fully saturated rings. The van der Waals surface area contributed by atoms with Gasteiger partial charge in [0.25, 0.3) is 5.91 Å². The van der Waals surface area contributed by atoms with Crippen molar-refractivity contribution >= 4 is 11.8 Å². The quantitative estimate of drug-likeness (QED) is 0.549. The summed E-state index contributed by atoms with van der Waals surface area (Å²) in [4.78, 5) is 29.0. The molecule has 1 saturated heterocycles. The van der Waals surface area contributed by atoms with E-state index >= 15 is 0 Å². The van der Waals surface area contributed by atoms with Gasteiger partial charge in [0.05, 0.1) is 26.1 Å². The van der Waals surface area contributed by atoms with E-state index in [-0.39, 0.29) is 49.6 Å². The molecular weight excluding hydrogens is 427 g/mol. The Kier molecular flexibility index (Phi) is 7.04. The molecule has 4 rings (SSSR count). The molecule has 172 valence electrons. The zero-order chi connectivity index (χ0) is 23.2. The highest BCUT2D eigenvalue weighted by Crippen LogP contribution is 2.18. The fraction of sp³-hybridized carbons (Fsp3) is 0.280. The van der Waals surface area contributed by atoms with Crippen LogP contribution in [0.1, 0.15) is 21.7 Å². The van der Waals surface area contributed by atoms with Gasteiger partial charge in [-0.1, -0.05) is 30.3 Å². The summed E-state index contributed by atoms with van der Waals surface area (Å²) in [5, 5.41) is 0. The third kappa shape index (κ3) is 5.59. The van der Waals surface area contributed by atoms with Gasteiger partial charge >= 0.3 is 0 Å². The molecule has 1 aromatic heterocycles. The third-order valence-corrected chi connectivity index (χ3v) is 5.51. The maximum absolute atomic E-state index is 14.1. The van der Waals surface area contributed by atoms with Crippen LogP contribution >= 0.6 is 0 Å². The maximum Gasteiger partial charge on any atom is 0.290 e. The summed E-state index contributed by atoms with van der Waals surface area (Å²) in [6, 6.07) is 17.0. The summed E-state index contributed by atoms with van der Waals surface area (Å²) >= 11 is 0. The number of carbonyl (C=O) groups is 2. The number of carbonyl (C=O) groups excluding carboxylic acids is 2. The first kappa shape index (κ1) is 22.5. The molecule has 2 aromatic carbocycles. The van der Waals surface area contributed by atoms with Gasteiger partial charge in [-0.25, -0.2) is 4.39 Å². The predicted molar refractivity (Wildman–Crippen MR) is 118 cm³/mol. The van der Waals surface area contributed by atoms with Crippen molar-refractivity contribution in [2.45, 2.75) is 19.3 Å². The average molecular weight is 452 g/mol. The fourth-order valence-corrected chi connectivity index (χ4v) is 3.72. The predicted octanol–water partition coefficient (Wildman–Crippen LogP) is 3.50. The standard InChI is InChI=1S/C25H25FN2O5/c1-31-20-10-8-18(9-11-20)13-27-14-21(33-17-19-5-2-3-6-22(19)26)15-28(16-24(27)29)25(30)23-7-4-12-32-23/h2-12,21H,13-17H2,1H3/t21-/m1/s1. The van der Waals surface area contributed by atoms with Crippen LogP contribution < -0.4 is 4.74 Å². The van der Waals surface area contributed by atoms with Gasteiger partial charge in [-0.3, -0.25) is 9.59 Å². The second kappa shape index (κ2) is 10.3.